The molecule has 150 valence electrons. The van der Waals surface area contributed by atoms with Gasteiger partial charge in [0.2, 0.25) is 0 Å². The summed E-state index contributed by atoms with van der Waals surface area (Å²) < 4.78 is 6.55. The molecular formula is C21H26IN3O2S. The number of hydrogen-bond acceptors (Lipinski definition) is 4. The highest BCUT2D eigenvalue weighted by atomic mass is 127. The van der Waals surface area contributed by atoms with Crippen LogP contribution >= 0.6 is 35.3 Å². The number of aliphatic imine (C=N–C) groups is 1. The molecule has 7 heteroatoms. The fourth-order valence-electron chi connectivity index (χ4n) is 2.84. The molecule has 0 aliphatic rings. The molecule has 3 aromatic rings. The van der Waals surface area contributed by atoms with E-state index in [4.69, 9.17) is 4.74 Å². The predicted octanol–water partition coefficient (Wildman–Crippen LogP) is 4.23. The number of halogens is 1. The molecule has 3 N–H and O–H groups in total. The summed E-state index contributed by atoms with van der Waals surface area (Å²) in [6, 6.07) is 16.3. The molecule has 2 aromatic carbocycles. The highest BCUT2D eigenvalue weighted by Crippen LogP contribution is 2.29. The van der Waals surface area contributed by atoms with Gasteiger partial charge in [0.05, 0.1) is 7.11 Å². The number of benzene rings is 2. The first-order valence-electron chi connectivity index (χ1n) is 8.85. The molecule has 1 heterocycles. The lowest BCUT2D eigenvalue weighted by atomic mass is 10.1. The van der Waals surface area contributed by atoms with Crippen molar-refractivity contribution < 1.29 is 9.84 Å². The number of aryl methyl sites for hydroxylation is 1. The van der Waals surface area contributed by atoms with E-state index in [2.05, 4.69) is 33.8 Å². The Kier molecular flexibility index (Phi) is 8.53. The second-order valence-corrected chi connectivity index (χ2v) is 7.43. The van der Waals surface area contributed by atoms with Crippen LogP contribution in [0.1, 0.15) is 22.1 Å². The smallest absolute Gasteiger partial charge is 0.191 e. The van der Waals surface area contributed by atoms with Crippen LogP contribution in [0, 0.1) is 6.92 Å². The number of hydrogen-bond donors (Lipinski definition) is 3. The van der Waals surface area contributed by atoms with Crippen LogP contribution in [-0.2, 0) is 6.54 Å². The van der Waals surface area contributed by atoms with E-state index in [0.717, 1.165) is 27.1 Å². The van der Waals surface area contributed by atoms with Crippen molar-refractivity contribution in [2.45, 2.75) is 19.6 Å². The van der Waals surface area contributed by atoms with Crippen molar-refractivity contribution in [2.75, 3.05) is 20.7 Å². The van der Waals surface area contributed by atoms with Crippen LogP contribution in [0.5, 0.6) is 5.75 Å². The Morgan fingerprint density at radius 1 is 1.18 bits per heavy atom. The highest BCUT2D eigenvalue weighted by Gasteiger charge is 2.12. The summed E-state index contributed by atoms with van der Waals surface area (Å²) in [5.74, 6) is 1.52. The average molecular weight is 511 g/mol. The molecule has 28 heavy (non-hydrogen) atoms. The number of nitrogens with zero attached hydrogens (tertiary/aromatic N) is 1. The van der Waals surface area contributed by atoms with Crippen molar-refractivity contribution in [3.63, 3.8) is 0 Å². The van der Waals surface area contributed by atoms with Gasteiger partial charge < -0.3 is 20.5 Å². The molecule has 0 spiro atoms. The van der Waals surface area contributed by atoms with E-state index >= 15 is 0 Å². The Labute approximate surface area is 186 Å². The third-order valence-electron chi connectivity index (χ3n) is 4.39. The molecule has 0 amide bonds. The fourth-order valence-corrected chi connectivity index (χ4v) is 3.89. The zero-order chi connectivity index (χ0) is 19.2. The number of methoxy groups -OCH3 is 1. The molecular weight excluding hydrogens is 485 g/mol. The summed E-state index contributed by atoms with van der Waals surface area (Å²) in [6.45, 7) is 3.03. The van der Waals surface area contributed by atoms with Gasteiger partial charge in [0.1, 0.15) is 11.9 Å². The van der Waals surface area contributed by atoms with Gasteiger partial charge in [-0.2, -0.15) is 0 Å². The summed E-state index contributed by atoms with van der Waals surface area (Å²) in [5.41, 5.74) is 2.21. The van der Waals surface area contributed by atoms with Crippen LogP contribution < -0.4 is 15.4 Å². The van der Waals surface area contributed by atoms with Crippen molar-refractivity contribution in [3.8, 4) is 5.75 Å². The summed E-state index contributed by atoms with van der Waals surface area (Å²) in [5, 5.41) is 18.1. The maximum absolute atomic E-state index is 10.5. The van der Waals surface area contributed by atoms with Gasteiger partial charge in [0.25, 0.3) is 0 Å². The summed E-state index contributed by atoms with van der Waals surface area (Å²) >= 11 is 1.62. The molecule has 0 aliphatic carbocycles. The van der Waals surface area contributed by atoms with Crippen molar-refractivity contribution >= 4 is 51.4 Å². The number of ether oxygens (including phenoxy) is 1. The third kappa shape index (κ3) is 5.59. The van der Waals surface area contributed by atoms with Crippen LogP contribution in [0.3, 0.4) is 0 Å². The predicted molar refractivity (Wildman–Crippen MR) is 128 cm³/mol. The highest BCUT2D eigenvalue weighted by molar-refractivity contribution is 14.0. The number of rotatable bonds is 6. The molecule has 0 saturated carbocycles. The number of guanidine groups is 1. The van der Waals surface area contributed by atoms with Gasteiger partial charge in [-0.3, -0.25) is 4.99 Å². The van der Waals surface area contributed by atoms with Crippen LogP contribution in [0.25, 0.3) is 10.1 Å². The van der Waals surface area contributed by atoms with E-state index in [1.807, 2.05) is 37.3 Å². The average Bonchev–Trinajstić information content (AvgIpc) is 3.13. The summed E-state index contributed by atoms with van der Waals surface area (Å²) in [6.07, 6.45) is -0.583. The van der Waals surface area contributed by atoms with E-state index in [1.54, 1.807) is 25.5 Å². The van der Waals surface area contributed by atoms with Crippen molar-refractivity contribution in [3.05, 3.63) is 64.5 Å². The third-order valence-corrected chi connectivity index (χ3v) is 5.61. The lowest BCUT2D eigenvalue weighted by molar-refractivity contribution is 0.184. The number of fused-ring (bicyclic) bond motifs is 1. The van der Waals surface area contributed by atoms with Gasteiger partial charge in [-0.25, -0.2) is 0 Å². The molecule has 5 nitrogen and oxygen atoms in total. The van der Waals surface area contributed by atoms with E-state index in [-0.39, 0.29) is 24.0 Å². The van der Waals surface area contributed by atoms with Gasteiger partial charge in [0, 0.05) is 29.7 Å². The Bertz CT molecular complexity index is 909. The standard InChI is InChI=1S/C21H25N3O2S.HI/c1-14-8-9-15(10-18(14)26-3)12-23-21(22-2)24-13-17(25)20-11-16-6-4-5-7-19(16)27-20;/h4-11,17,25H,12-13H2,1-3H3,(H2,22,23,24);1H. The quantitative estimate of drug-likeness (QED) is 0.263. The van der Waals surface area contributed by atoms with Crippen molar-refractivity contribution in [1.29, 1.82) is 0 Å². The Morgan fingerprint density at radius 2 is 1.96 bits per heavy atom. The minimum absolute atomic E-state index is 0. The Morgan fingerprint density at radius 3 is 2.68 bits per heavy atom. The van der Waals surface area contributed by atoms with E-state index in [1.165, 1.54) is 4.70 Å². The van der Waals surface area contributed by atoms with Gasteiger partial charge in [-0.05, 0) is 41.6 Å². The molecule has 1 aromatic heterocycles. The molecule has 1 atom stereocenters. The SMILES string of the molecule is CN=C(NCc1ccc(C)c(OC)c1)NCC(O)c1cc2ccccc2s1.I. The van der Waals surface area contributed by atoms with Gasteiger partial charge in [-0.15, -0.1) is 35.3 Å². The molecule has 0 fully saturated rings. The molecule has 0 bridgehead atoms. The Hall–Kier alpha value is -1.84. The molecule has 0 aliphatic heterocycles. The first-order valence-corrected chi connectivity index (χ1v) is 9.67. The van der Waals surface area contributed by atoms with Crippen LogP contribution in [0.4, 0.5) is 0 Å². The first kappa shape index (κ1) is 22.4. The number of nitrogens with one attached hydrogen (secondary N) is 2. The lowest BCUT2D eigenvalue weighted by Gasteiger charge is -2.15. The van der Waals surface area contributed by atoms with Gasteiger partial charge in [0.15, 0.2) is 5.96 Å². The normalized spacial score (nSPS) is 12.4. The van der Waals surface area contributed by atoms with Crippen molar-refractivity contribution in [2.24, 2.45) is 4.99 Å². The van der Waals surface area contributed by atoms with Gasteiger partial charge >= 0.3 is 0 Å². The molecule has 1 unspecified atom stereocenters. The maximum atomic E-state index is 10.5. The second kappa shape index (κ2) is 10.6. The van der Waals surface area contributed by atoms with E-state index < -0.39 is 6.10 Å². The largest absolute Gasteiger partial charge is 0.496 e. The summed E-state index contributed by atoms with van der Waals surface area (Å²) in [4.78, 5) is 5.17. The number of aliphatic hydroxyl groups is 1. The van der Waals surface area contributed by atoms with E-state index in [9.17, 15) is 5.11 Å². The van der Waals surface area contributed by atoms with Crippen LogP contribution in [-0.4, -0.2) is 31.8 Å². The lowest BCUT2D eigenvalue weighted by Crippen LogP contribution is -2.38. The van der Waals surface area contributed by atoms with Crippen LogP contribution in [0.2, 0.25) is 0 Å². The van der Waals surface area contributed by atoms with Gasteiger partial charge in [-0.1, -0.05) is 30.3 Å². The molecule has 3 rings (SSSR count). The van der Waals surface area contributed by atoms with Crippen molar-refractivity contribution in [1.82, 2.24) is 10.6 Å². The zero-order valence-electron chi connectivity index (χ0n) is 16.2. The van der Waals surface area contributed by atoms with Crippen LogP contribution in [0.15, 0.2) is 53.5 Å². The summed E-state index contributed by atoms with van der Waals surface area (Å²) in [7, 11) is 3.40. The molecule has 0 saturated heterocycles. The molecule has 0 radical (unpaired) electrons. The first-order chi connectivity index (χ1) is 13.1. The van der Waals surface area contributed by atoms with E-state index in [0.29, 0.717) is 19.0 Å². The minimum atomic E-state index is -0.583. The Balaban J connectivity index is 0.00000280. The second-order valence-electron chi connectivity index (χ2n) is 6.31. The maximum Gasteiger partial charge on any atom is 0.191 e. The zero-order valence-corrected chi connectivity index (χ0v) is 19.4. The number of aliphatic hydroxyl groups excluding tert-OH is 1. The fraction of sp³-hybridized carbons (Fsp3) is 0.286. The number of thiophene rings is 1. The topological polar surface area (TPSA) is 65.9 Å². The monoisotopic (exact) mass is 511 g/mol. The minimum Gasteiger partial charge on any atom is -0.496 e.